The van der Waals surface area contributed by atoms with Gasteiger partial charge in [0, 0.05) is 0 Å². The third kappa shape index (κ3) is 6.33. The Labute approximate surface area is 164 Å². The topological polar surface area (TPSA) is 133 Å². The van der Waals surface area contributed by atoms with Crippen molar-refractivity contribution < 1.29 is 42.3 Å². The summed E-state index contributed by atoms with van der Waals surface area (Å²) in [5.74, 6) is -1.08. The Hall–Kier alpha value is -1.36. The summed E-state index contributed by atoms with van der Waals surface area (Å²) < 4.78 is 25.9. The van der Waals surface area contributed by atoms with Gasteiger partial charge in [0.05, 0.1) is 0 Å². The molecule has 0 aliphatic carbocycles. The van der Waals surface area contributed by atoms with Crippen LogP contribution in [-0.2, 0) is 37.4 Å². The van der Waals surface area contributed by atoms with E-state index in [0.717, 1.165) is 0 Å². The standard InChI is InChI=1S/C16H29N2O9P/c1-16(2)11-26-28(22,25-9-7-18-6-8-24-10-12(18)19)27-14(16)15(21)17-5-4-13(20)23-3/h14,22,28H,4-11H2,1-3H3,(H,17,21)/t14-/m0/s1. The van der Waals surface area contributed by atoms with E-state index >= 15 is 0 Å². The number of carbonyl (C=O) groups is 3. The molecule has 11 nitrogen and oxygen atoms in total. The van der Waals surface area contributed by atoms with Gasteiger partial charge in [0.25, 0.3) is 0 Å². The predicted molar refractivity (Wildman–Crippen MR) is 98.1 cm³/mol. The van der Waals surface area contributed by atoms with Gasteiger partial charge >= 0.3 is 163 Å². The van der Waals surface area contributed by atoms with Gasteiger partial charge in [-0.05, 0) is 0 Å². The van der Waals surface area contributed by atoms with Crippen LogP contribution in [0.2, 0.25) is 0 Å². The van der Waals surface area contributed by atoms with Crippen LogP contribution in [0.5, 0.6) is 0 Å². The van der Waals surface area contributed by atoms with Crippen LogP contribution in [0.15, 0.2) is 0 Å². The van der Waals surface area contributed by atoms with E-state index in [2.05, 4.69) is 10.1 Å². The van der Waals surface area contributed by atoms with Crippen LogP contribution in [0.3, 0.4) is 0 Å². The molecular formula is C16H29N2O9P. The number of hydrogen-bond donors (Lipinski definition) is 2. The van der Waals surface area contributed by atoms with Gasteiger partial charge in [0.2, 0.25) is 0 Å². The van der Waals surface area contributed by atoms with Crippen LogP contribution in [0, 0.1) is 5.41 Å². The van der Waals surface area contributed by atoms with Crippen LogP contribution < -0.4 is 5.32 Å². The van der Waals surface area contributed by atoms with Crippen LogP contribution in [0.1, 0.15) is 20.3 Å². The fourth-order valence-corrected chi connectivity index (χ4v) is 4.58. The van der Waals surface area contributed by atoms with Crippen molar-refractivity contribution in [2.24, 2.45) is 5.41 Å². The number of nitrogens with zero attached hydrogens (tertiary/aromatic N) is 1. The van der Waals surface area contributed by atoms with Crippen molar-refractivity contribution >= 4 is 26.0 Å². The Kier molecular flexibility index (Phi) is 8.11. The number of hydrogen-bond acceptors (Lipinski definition) is 9. The van der Waals surface area contributed by atoms with Crippen LogP contribution in [-0.4, -0.2) is 86.9 Å². The molecule has 2 N–H and O–H groups in total. The molecule has 2 saturated heterocycles. The minimum atomic E-state index is -4.05. The fraction of sp³-hybridized carbons (Fsp3) is 0.812. The summed E-state index contributed by atoms with van der Waals surface area (Å²) in [6, 6.07) is 0. The first-order valence-electron chi connectivity index (χ1n) is 9.05. The number of rotatable bonds is 8. The third-order valence-corrected chi connectivity index (χ3v) is 6.04. The molecule has 2 aliphatic rings. The number of nitrogens with one attached hydrogen (secondary N) is 1. The summed E-state index contributed by atoms with van der Waals surface area (Å²) in [4.78, 5) is 47.5. The molecule has 0 unspecified atom stereocenters. The third-order valence-electron chi connectivity index (χ3n) is 4.43. The van der Waals surface area contributed by atoms with Crippen molar-refractivity contribution in [1.82, 2.24) is 10.2 Å². The van der Waals surface area contributed by atoms with E-state index in [0.29, 0.717) is 13.2 Å². The molecule has 0 aromatic carbocycles. The summed E-state index contributed by atoms with van der Waals surface area (Å²) in [6.45, 7) is 4.84. The van der Waals surface area contributed by atoms with Crippen molar-refractivity contribution in [2.75, 3.05) is 53.2 Å². The van der Waals surface area contributed by atoms with Crippen molar-refractivity contribution in [2.45, 2.75) is 26.4 Å². The van der Waals surface area contributed by atoms with E-state index in [9.17, 15) is 19.3 Å². The molecule has 0 aromatic heterocycles. The van der Waals surface area contributed by atoms with E-state index in [1.54, 1.807) is 18.7 Å². The van der Waals surface area contributed by atoms with Crippen LogP contribution >= 0.6 is 8.17 Å². The van der Waals surface area contributed by atoms with Gasteiger partial charge in [-0.3, -0.25) is 0 Å². The Morgan fingerprint density at radius 1 is 1.43 bits per heavy atom. The molecule has 28 heavy (non-hydrogen) atoms. The Bertz CT molecular complexity index is 588. The molecule has 0 radical (unpaired) electrons. The summed E-state index contributed by atoms with van der Waals surface area (Å²) in [5, 5.41) is 2.59. The molecule has 2 heterocycles. The van der Waals surface area contributed by atoms with Gasteiger partial charge in [-0.2, -0.15) is 0 Å². The number of esters is 1. The van der Waals surface area contributed by atoms with E-state index in [4.69, 9.17) is 18.3 Å². The molecule has 2 aliphatic heterocycles. The predicted octanol–water partition coefficient (Wildman–Crippen LogP) is -0.615. The van der Waals surface area contributed by atoms with E-state index in [1.165, 1.54) is 7.11 Å². The fourth-order valence-electron chi connectivity index (χ4n) is 2.73. The van der Waals surface area contributed by atoms with Crippen molar-refractivity contribution in [1.29, 1.82) is 0 Å². The molecule has 0 aromatic rings. The van der Waals surface area contributed by atoms with Gasteiger partial charge < -0.3 is 0 Å². The second-order valence-electron chi connectivity index (χ2n) is 7.20. The first-order valence-corrected chi connectivity index (χ1v) is 10.7. The normalized spacial score (nSPS) is 25.1. The van der Waals surface area contributed by atoms with Crippen LogP contribution in [0.25, 0.3) is 0 Å². The van der Waals surface area contributed by atoms with E-state index < -0.39 is 31.6 Å². The Morgan fingerprint density at radius 2 is 2.18 bits per heavy atom. The minimum absolute atomic E-state index is 0.00553. The zero-order valence-corrected chi connectivity index (χ0v) is 17.4. The molecule has 1 atom stereocenters. The SMILES string of the molecule is COC(=O)CCNC(=O)[C@@H]1O[PH](O)(OCCN2CCOCC2=O)OCC1(C)C. The number of methoxy groups -OCH3 is 1. The quantitative estimate of drug-likeness (QED) is 0.386. The first kappa shape index (κ1) is 22.9. The summed E-state index contributed by atoms with van der Waals surface area (Å²) in [7, 11) is -2.78. The molecule has 2 rings (SSSR count). The first-order chi connectivity index (χ1) is 13.2. The van der Waals surface area contributed by atoms with E-state index in [1.807, 2.05) is 0 Å². The number of ether oxygens (including phenoxy) is 2. The molecule has 2 amide bonds. The zero-order valence-electron chi connectivity index (χ0n) is 16.4. The summed E-state index contributed by atoms with van der Waals surface area (Å²) >= 11 is 0. The average Bonchev–Trinajstić information content (AvgIpc) is 2.65. The second-order valence-corrected chi connectivity index (χ2v) is 9.06. The van der Waals surface area contributed by atoms with Gasteiger partial charge in [-0.25, -0.2) is 0 Å². The maximum atomic E-state index is 12.5. The molecule has 0 saturated carbocycles. The van der Waals surface area contributed by atoms with E-state index in [-0.39, 0.29) is 45.2 Å². The monoisotopic (exact) mass is 424 g/mol. The summed E-state index contributed by atoms with van der Waals surface area (Å²) in [6.07, 6.45) is -0.988. The van der Waals surface area contributed by atoms with Gasteiger partial charge in [0.15, 0.2) is 0 Å². The Balaban J connectivity index is 1.86. The summed E-state index contributed by atoms with van der Waals surface area (Å²) in [5.41, 5.74) is -0.710. The average molecular weight is 424 g/mol. The molecule has 0 spiro atoms. The number of carbonyl (C=O) groups excluding carboxylic acids is 3. The second kappa shape index (κ2) is 9.91. The molecule has 12 heteroatoms. The zero-order chi connectivity index (χ0) is 20.8. The van der Waals surface area contributed by atoms with Crippen molar-refractivity contribution in [3.63, 3.8) is 0 Å². The molecule has 0 bridgehead atoms. The molecular weight excluding hydrogens is 395 g/mol. The Morgan fingerprint density at radius 3 is 2.86 bits per heavy atom. The van der Waals surface area contributed by atoms with Crippen LogP contribution in [0.4, 0.5) is 0 Å². The molecule has 162 valence electrons. The number of morpholine rings is 1. The molecule has 2 fully saturated rings. The van der Waals surface area contributed by atoms with Gasteiger partial charge in [-0.15, -0.1) is 0 Å². The van der Waals surface area contributed by atoms with Crippen molar-refractivity contribution in [3.05, 3.63) is 0 Å². The van der Waals surface area contributed by atoms with Gasteiger partial charge in [0.1, 0.15) is 0 Å². The van der Waals surface area contributed by atoms with Crippen molar-refractivity contribution in [3.8, 4) is 0 Å². The number of amides is 2. The maximum absolute atomic E-state index is 12.5. The van der Waals surface area contributed by atoms with Gasteiger partial charge in [-0.1, -0.05) is 0 Å².